The molecule has 0 aliphatic rings. The standard InChI is InChI=1S/3Al.H6OSi2.9H/c;;;2-1-3;;;;;;;;;/h;;;2-3H3;;;;;;;;;. The van der Waals surface area contributed by atoms with Crippen LogP contribution < -0.4 is 0 Å². The van der Waals surface area contributed by atoms with Gasteiger partial charge in [0.25, 0.3) is 0 Å². The third kappa shape index (κ3) is 37.6. The molecule has 0 aromatic rings. The maximum Gasteiger partial charge on any atom is 0.187 e. The first kappa shape index (κ1) is 24.5. The Morgan fingerprint density at radius 2 is 0.833 bits per heavy atom. The molecule has 0 saturated carbocycles. The van der Waals surface area contributed by atoms with Gasteiger partial charge in [-0.05, 0) is 0 Å². The van der Waals surface area contributed by atoms with Gasteiger partial charge in [0.05, 0.1) is 0 Å². The minimum Gasteiger partial charge on any atom is -0.471 e. The molecule has 0 atom stereocenters. The molecule has 0 amide bonds. The molecule has 0 radical (unpaired) electrons. The topological polar surface area (TPSA) is 9.23 Å². The smallest absolute Gasteiger partial charge is 0.187 e. The molecular weight excluding hydrogens is 153 g/mol. The zero-order valence-corrected chi connectivity index (χ0v) is 6.41. The third-order valence-corrected chi connectivity index (χ3v) is 0. The lowest BCUT2D eigenvalue weighted by atomic mass is 15.8. The monoisotopic (exact) mass is 168 g/mol. The molecule has 0 bridgehead atoms. The van der Waals surface area contributed by atoms with Crippen LogP contribution in [0.3, 0.4) is 0 Å². The first-order valence-corrected chi connectivity index (χ1v) is 2.45. The van der Waals surface area contributed by atoms with Gasteiger partial charge in [0.2, 0.25) is 0 Å². The van der Waals surface area contributed by atoms with Crippen LogP contribution in [0.2, 0.25) is 0 Å². The highest BCUT2D eigenvalue weighted by molar-refractivity contribution is 6.15. The van der Waals surface area contributed by atoms with E-state index in [0.29, 0.717) is 0 Å². The second-order valence-electron chi connectivity index (χ2n) is 0.408. The zero-order valence-electron chi connectivity index (χ0n) is 2.41. The molecule has 6 heteroatoms. The van der Waals surface area contributed by atoms with E-state index in [0.717, 1.165) is 21.0 Å². The lowest BCUT2D eigenvalue weighted by Crippen LogP contribution is -1.65. The predicted molar refractivity (Wildman–Crippen MR) is 50.8 cm³/mol. The molecule has 0 saturated heterocycles. The molecule has 0 unspecified atom stereocenters. The Bertz CT molecular complexity index is 8.75. The van der Waals surface area contributed by atoms with Gasteiger partial charge in [-0.15, -0.1) is 0 Å². The summed E-state index contributed by atoms with van der Waals surface area (Å²) in [4.78, 5) is 0. The molecule has 0 aromatic carbocycles. The summed E-state index contributed by atoms with van der Waals surface area (Å²) in [7, 11) is 1.86. The van der Waals surface area contributed by atoms with E-state index in [4.69, 9.17) is 0 Å². The maximum absolute atomic E-state index is 4.53. The summed E-state index contributed by atoms with van der Waals surface area (Å²) in [5.74, 6) is 0. The van der Waals surface area contributed by atoms with Crippen molar-refractivity contribution in [1.82, 2.24) is 0 Å². The summed E-state index contributed by atoms with van der Waals surface area (Å²) in [6.45, 7) is 0. The van der Waals surface area contributed by atoms with Gasteiger partial charge < -0.3 is 4.12 Å². The highest BCUT2D eigenvalue weighted by atomic mass is 28.3. The van der Waals surface area contributed by atoms with Gasteiger partial charge >= 0.3 is 0 Å². The summed E-state index contributed by atoms with van der Waals surface area (Å²) in [6, 6.07) is 0. The SMILES string of the molecule is [AlH3].[AlH3].[AlH3].[SiH3]O[SiH3]. The lowest BCUT2D eigenvalue weighted by molar-refractivity contribution is 0.690. The van der Waals surface area contributed by atoms with Gasteiger partial charge in [-0.2, -0.15) is 0 Å². The third-order valence-electron chi connectivity index (χ3n) is 0. The zero-order chi connectivity index (χ0) is 2.71. The van der Waals surface area contributed by atoms with Crippen molar-refractivity contribution < 1.29 is 4.12 Å². The minimum absolute atomic E-state index is 0. The second kappa shape index (κ2) is 28.0. The van der Waals surface area contributed by atoms with Crippen molar-refractivity contribution in [2.75, 3.05) is 0 Å². The van der Waals surface area contributed by atoms with Gasteiger partial charge in [0, 0.05) is 0 Å². The fourth-order valence-corrected chi connectivity index (χ4v) is 0. The van der Waals surface area contributed by atoms with Crippen LogP contribution in [0.15, 0.2) is 0 Å². The van der Waals surface area contributed by atoms with E-state index in [2.05, 4.69) is 4.12 Å². The molecule has 6 heavy (non-hydrogen) atoms. The number of hydrogen-bond acceptors (Lipinski definition) is 1. The summed E-state index contributed by atoms with van der Waals surface area (Å²) in [5, 5.41) is 0. The van der Waals surface area contributed by atoms with Gasteiger partial charge in [0.1, 0.15) is 21.0 Å². The largest absolute Gasteiger partial charge is 0.471 e. The molecule has 0 aliphatic carbocycles. The molecule has 38 valence electrons. The van der Waals surface area contributed by atoms with Crippen LogP contribution in [0.5, 0.6) is 0 Å². The highest BCUT2D eigenvalue weighted by Crippen LogP contribution is 1.20. The Balaban J connectivity index is -0.00000000667. The second-order valence-corrected chi connectivity index (χ2v) is 3.67. The van der Waals surface area contributed by atoms with Crippen molar-refractivity contribution >= 4 is 73.1 Å². The van der Waals surface area contributed by atoms with E-state index >= 15 is 0 Å². The number of hydrogen-bond donors (Lipinski definition) is 0. The minimum atomic E-state index is 0. The van der Waals surface area contributed by atoms with Crippen molar-refractivity contribution in [1.29, 1.82) is 0 Å². The van der Waals surface area contributed by atoms with Crippen LogP contribution in [0, 0.1) is 0 Å². The van der Waals surface area contributed by atoms with Crippen molar-refractivity contribution in [2.24, 2.45) is 0 Å². The first-order valence-electron chi connectivity index (χ1n) is 0.816. The number of rotatable bonds is 0. The van der Waals surface area contributed by atoms with Gasteiger partial charge in [-0.25, -0.2) is 0 Å². The molecule has 0 N–H and O–H groups in total. The summed E-state index contributed by atoms with van der Waals surface area (Å²) in [6.07, 6.45) is 0. The van der Waals surface area contributed by atoms with Crippen LogP contribution in [0.1, 0.15) is 0 Å². The van der Waals surface area contributed by atoms with Gasteiger partial charge in [-0.1, -0.05) is 0 Å². The lowest BCUT2D eigenvalue weighted by Gasteiger charge is -1.62. The van der Waals surface area contributed by atoms with Crippen LogP contribution in [-0.4, -0.2) is 73.1 Å². The van der Waals surface area contributed by atoms with Crippen molar-refractivity contribution in [2.45, 2.75) is 0 Å². The first-order chi connectivity index (χ1) is 1.41. The fraction of sp³-hybridized carbons (Fsp3) is 0. The Kier molecular flexibility index (Phi) is 115. The van der Waals surface area contributed by atoms with Crippen molar-refractivity contribution in [3.05, 3.63) is 0 Å². The molecule has 0 aromatic heterocycles. The summed E-state index contributed by atoms with van der Waals surface area (Å²) in [5.41, 5.74) is 0. The average molecular weight is 168 g/mol. The predicted octanol–water partition coefficient (Wildman–Crippen LogP) is -5.99. The normalized spacial score (nSPS) is 4.00. The Morgan fingerprint density at radius 1 is 0.833 bits per heavy atom. The Hall–Kier alpha value is 1.99. The molecule has 0 heterocycles. The molecule has 0 rings (SSSR count). The van der Waals surface area contributed by atoms with E-state index in [1.807, 2.05) is 0 Å². The van der Waals surface area contributed by atoms with Crippen molar-refractivity contribution in [3.8, 4) is 0 Å². The van der Waals surface area contributed by atoms with Crippen LogP contribution >= 0.6 is 0 Å². The van der Waals surface area contributed by atoms with Gasteiger partial charge in [0.15, 0.2) is 52.1 Å². The highest BCUT2D eigenvalue weighted by Gasteiger charge is 1.28. The molecular formula is H15Al3OSi2. The van der Waals surface area contributed by atoms with Gasteiger partial charge in [-0.3, -0.25) is 0 Å². The maximum atomic E-state index is 4.53. The summed E-state index contributed by atoms with van der Waals surface area (Å²) < 4.78 is 4.53. The fourth-order valence-electron chi connectivity index (χ4n) is 0. The van der Waals surface area contributed by atoms with E-state index in [9.17, 15) is 0 Å². The van der Waals surface area contributed by atoms with Crippen LogP contribution in [-0.2, 0) is 4.12 Å². The molecule has 0 fully saturated rings. The summed E-state index contributed by atoms with van der Waals surface area (Å²) >= 11 is 0. The van der Waals surface area contributed by atoms with Crippen LogP contribution in [0.25, 0.3) is 0 Å². The molecule has 0 aliphatic heterocycles. The average Bonchev–Trinajstić information content (AvgIpc) is 0.918. The molecule has 0 spiro atoms. The Morgan fingerprint density at radius 3 is 0.833 bits per heavy atom. The Labute approximate surface area is 76.7 Å². The molecule has 1 nitrogen and oxygen atoms in total. The van der Waals surface area contributed by atoms with Crippen molar-refractivity contribution in [3.63, 3.8) is 0 Å². The van der Waals surface area contributed by atoms with E-state index in [-0.39, 0.29) is 52.1 Å². The van der Waals surface area contributed by atoms with E-state index < -0.39 is 0 Å². The van der Waals surface area contributed by atoms with E-state index in [1.165, 1.54) is 0 Å². The van der Waals surface area contributed by atoms with Crippen LogP contribution in [0.4, 0.5) is 0 Å². The quantitative estimate of drug-likeness (QED) is 0.327. The van der Waals surface area contributed by atoms with E-state index in [1.54, 1.807) is 0 Å².